The Labute approximate surface area is 88.9 Å². The van der Waals surface area contributed by atoms with E-state index in [1.165, 1.54) is 7.11 Å². The van der Waals surface area contributed by atoms with Crippen LogP contribution in [0, 0.1) is 0 Å². The molecule has 2 N–H and O–H groups in total. The Morgan fingerprint density at radius 2 is 1.93 bits per heavy atom. The highest BCUT2D eigenvalue weighted by atomic mass is 32.2. The second-order valence-electron chi connectivity index (χ2n) is 2.90. The SMILES string of the molecule is COCOC(c1ccccc1)S(N)(=O)=O. The van der Waals surface area contributed by atoms with Crippen LogP contribution in [-0.2, 0) is 19.5 Å². The normalized spacial score (nSPS) is 13.7. The van der Waals surface area contributed by atoms with Gasteiger partial charge < -0.3 is 9.47 Å². The zero-order chi connectivity index (χ0) is 11.3. The Balaban J connectivity index is 2.92. The van der Waals surface area contributed by atoms with Crippen LogP contribution >= 0.6 is 0 Å². The van der Waals surface area contributed by atoms with E-state index in [2.05, 4.69) is 4.74 Å². The van der Waals surface area contributed by atoms with E-state index < -0.39 is 15.5 Å². The molecular formula is C9H13NO4S. The van der Waals surface area contributed by atoms with Crippen molar-refractivity contribution in [1.82, 2.24) is 0 Å². The molecule has 0 aliphatic rings. The number of primary sulfonamides is 1. The lowest BCUT2D eigenvalue weighted by Crippen LogP contribution is -2.24. The number of sulfonamides is 1. The third-order valence-electron chi connectivity index (χ3n) is 1.71. The number of ether oxygens (including phenoxy) is 2. The van der Waals surface area contributed by atoms with Crippen LogP contribution in [0.1, 0.15) is 11.0 Å². The fraction of sp³-hybridized carbons (Fsp3) is 0.333. The first-order chi connectivity index (χ1) is 7.05. The van der Waals surface area contributed by atoms with Crippen LogP contribution < -0.4 is 5.14 Å². The summed E-state index contributed by atoms with van der Waals surface area (Å²) in [5, 5.41) is 5.04. The third kappa shape index (κ3) is 3.60. The Bertz CT molecular complexity index is 390. The van der Waals surface area contributed by atoms with Gasteiger partial charge in [-0.15, -0.1) is 0 Å². The maximum atomic E-state index is 11.2. The van der Waals surface area contributed by atoms with Gasteiger partial charge in [0.05, 0.1) is 0 Å². The number of rotatable bonds is 5. The van der Waals surface area contributed by atoms with Gasteiger partial charge in [-0.25, -0.2) is 13.6 Å². The smallest absolute Gasteiger partial charge is 0.240 e. The summed E-state index contributed by atoms with van der Waals surface area (Å²) in [6.07, 6.45) is 0. The second kappa shape index (κ2) is 5.22. The van der Waals surface area contributed by atoms with Crippen LogP contribution in [0.4, 0.5) is 0 Å². The van der Waals surface area contributed by atoms with Gasteiger partial charge in [-0.1, -0.05) is 30.3 Å². The minimum atomic E-state index is -3.79. The van der Waals surface area contributed by atoms with E-state index in [-0.39, 0.29) is 6.79 Å². The molecule has 1 atom stereocenters. The van der Waals surface area contributed by atoms with E-state index in [0.29, 0.717) is 5.56 Å². The van der Waals surface area contributed by atoms with Gasteiger partial charge >= 0.3 is 0 Å². The van der Waals surface area contributed by atoms with Gasteiger partial charge in [-0.3, -0.25) is 0 Å². The Morgan fingerprint density at radius 1 is 1.33 bits per heavy atom. The Morgan fingerprint density at radius 3 is 2.40 bits per heavy atom. The van der Waals surface area contributed by atoms with E-state index in [4.69, 9.17) is 9.88 Å². The molecule has 0 radical (unpaired) electrons. The van der Waals surface area contributed by atoms with Crippen molar-refractivity contribution in [2.45, 2.75) is 5.44 Å². The van der Waals surface area contributed by atoms with E-state index in [1.54, 1.807) is 30.3 Å². The van der Waals surface area contributed by atoms with E-state index in [0.717, 1.165) is 0 Å². The number of nitrogens with two attached hydrogens (primary N) is 1. The van der Waals surface area contributed by atoms with Crippen molar-refractivity contribution in [3.8, 4) is 0 Å². The van der Waals surface area contributed by atoms with Gasteiger partial charge in [0.15, 0.2) is 5.44 Å². The maximum Gasteiger partial charge on any atom is 0.240 e. The molecule has 0 spiro atoms. The van der Waals surface area contributed by atoms with Crippen molar-refractivity contribution in [2.24, 2.45) is 5.14 Å². The van der Waals surface area contributed by atoms with Crippen molar-refractivity contribution < 1.29 is 17.9 Å². The largest absolute Gasteiger partial charge is 0.359 e. The molecule has 0 saturated carbocycles. The lowest BCUT2D eigenvalue weighted by atomic mass is 10.2. The molecule has 84 valence electrons. The number of benzene rings is 1. The molecule has 1 unspecified atom stereocenters. The summed E-state index contributed by atoms with van der Waals surface area (Å²) < 4.78 is 32.1. The molecule has 0 aliphatic heterocycles. The predicted molar refractivity (Wildman–Crippen MR) is 55.3 cm³/mol. The highest BCUT2D eigenvalue weighted by Gasteiger charge is 2.23. The van der Waals surface area contributed by atoms with Crippen LogP contribution in [0.2, 0.25) is 0 Å². The van der Waals surface area contributed by atoms with Gasteiger partial charge in [0.1, 0.15) is 6.79 Å². The number of methoxy groups -OCH3 is 1. The lowest BCUT2D eigenvalue weighted by molar-refractivity contribution is -0.0457. The molecular weight excluding hydrogens is 218 g/mol. The molecule has 1 rings (SSSR count). The predicted octanol–water partition coefficient (Wildman–Crippen LogP) is 0.594. The average Bonchev–Trinajstić information content (AvgIpc) is 2.18. The zero-order valence-electron chi connectivity index (χ0n) is 8.29. The summed E-state index contributed by atoms with van der Waals surface area (Å²) in [4.78, 5) is 0. The highest BCUT2D eigenvalue weighted by molar-refractivity contribution is 7.89. The maximum absolute atomic E-state index is 11.2. The van der Waals surface area contributed by atoms with Crippen molar-refractivity contribution >= 4 is 10.0 Å². The van der Waals surface area contributed by atoms with Crippen molar-refractivity contribution in [3.63, 3.8) is 0 Å². The Kier molecular flexibility index (Phi) is 4.22. The fourth-order valence-corrected chi connectivity index (χ4v) is 1.90. The summed E-state index contributed by atoms with van der Waals surface area (Å²) in [6.45, 7) is -0.129. The summed E-state index contributed by atoms with van der Waals surface area (Å²) in [5.74, 6) is 0. The van der Waals surface area contributed by atoms with Crippen LogP contribution in [0.25, 0.3) is 0 Å². The molecule has 1 aromatic rings. The molecule has 0 bridgehead atoms. The molecule has 0 saturated heterocycles. The molecule has 1 aromatic carbocycles. The topological polar surface area (TPSA) is 78.6 Å². The van der Waals surface area contributed by atoms with Crippen LogP contribution in [0.3, 0.4) is 0 Å². The van der Waals surface area contributed by atoms with E-state index in [1.807, 2.05) is 0 Å². The fourth-order valence-electron chi connectivity index (χ4n) is 1.12. The quantitative estimate of drug-likeness (QED) is 0.752. The standard InChI is InChI=1S/C9H13NO4S/c1-13-7-14-9(15(10,11)12)8-5-3-2-4-6-8/h2-6,9H,7H2,1H3,(H2,10,11,12). The summed E-state index contributed by atoms with van der Waals surface area (Å²) >= 11 is 0. The van der Waals surface area contributed by atoms with Crippen molar-refractivity contribution in [2.75, 3.05) is 13.9 Å². The van der Waals surface area contributed by atoms with Gasteiger partial charge in [0, 0.05) is 7.11 Å². The first-order valence-electron chi connectivity index (χ1n) is 4.23. The van der Waals surface area contributed by atoms with Gasteiger partial charge in [-0.2, -0.15) is 0 Å². The van der Waals surface area contributed by atoms with E-state index in [9.17, 15) is 8.42 Å². The van der Waals surface area contributed by atoms with Gasteiger partial charge in [-0.05, 0) is 5.56 Å². The van der Waals surface area contributed by atoms with Crippen molar-refractivity contribution in [3.05, 3.63) is 35.9 Å². The molecule has 0 aliphatic carbocycles. The van der Waals surface area contributed by atoms with Crippen molar-refractivity contribution in [1.29, 1.82) is 0 Å². The number of hydrogen-bond donors (Lipinski definition) is 1. The summed E-state index contributed by atoms with van der Waals surface area (Å²) in [7, 11) is -2.38. The van der Waals surface area contributed by atoms with Gasteiger partial charge in [0.25, 0.3) is 0 Å². The number of hydrogen-bond acceptors (Lipinski definition) is 4. The van der Waals surface area contributed by atoms with Gasteiger partial charge in [0.2, 0.25) is 10.0 Å². The Hall–Kier alpha value is -0.950. The molecule has 0 fully saturated rings. The average molecular weight is 231 g/mol. The second-order valence-corrected chi connectivity index (χ2v) is 4.51. The molecule has 0 aromatic heterocycles. The molecule has 15 heavy (non-hydrogen) atoms. The third-order valence-corrected chi connectivity index (χ3v) is 2.71. The molecule has 6 heteroatoms. The minimum absolute atomic E-state index is 0.129. The lowest BCUT2D eigenvalue weighted by Gasteiger charge is -2.15. The minimum Gasteiger partial charge on any atom is -0.359 e. The molecule has 0 heterocycles. The van der Waals surface area contributed by atoms with Crippen LogP contribution in [-0.4, -0.2) is 22.3 Å². The molecule has 0 amide bonds. The van der Waals surface area contributed by atoms with Crippen LogP contribution in [0.5, 0.6) is 0 Å². The molecule has 5 nitrogen and oxygen atoms in total. The zero-order valence-corrected chi connectivity index (χ0v) is 9.11. The van der Waals surface area contributed by atoms with E-state index >= 15 is 0 Å². The monoisotopic (exact) mass is 231 g/mol. The first kappa shape index (κ1) is 12.1. The first-order valence-corrected chi connectivity index (χ1v) is 5.83. The highest BCUT2D eigenvalue weighted by Crippen LogP contribution is 2.20. The summed E-state index contributed by atoms with van der Waals surface area (Å²) in [5.41, 5.74) is -0.698. The summed E-state index contributed by atoms with van der Waals surface area (Å²) in [6, 6.07) is 8.46. The van der Waals surface area contributed by atoms with Crippen LogP contribution in [0.15, 0.2) is 30.3 Å².